The third-order valence-corrected chi connectivity index (χ3v) is 4.95. The van der Waals surface area contributed by atoms with Crippen LogP contribution in [-0.4, -0.2) is 35.8 Å². The molecule has 0 radical (unpaired) electrons. The number of carbonyl (C=O) groups is 3. The van der Waals surface area contributed by atoms with Crippen molar-refractivity contribution < 1.29 is 23.5 Å². The molecular weight excluding hydrogens is 387 g/mol. The first-order valence-corrected chi connectivity index (χ1v) is 9.69. The fourth-order valence-electron chi connectivity index (χ4n) is 3.52. The topological polar surface area (TPSA) is 75.7 Å². The summed E-state index contributed by atoms with van der Waals surface area (Å²) in [5.74, 6) is -2.06. The molecule has 0 unspecified atom stereocenters. The van der Waals surface area contributed by atoms with Crippen molar-refractivity contribution in [2.45, 2.75) is 26.2 Å². The summed E-state index contributed by atoms with van der Waals surface area (Å²) < 4.78 is 18.3. The van der Waals surface area contributed by atoms with Gasteiger partial charge in [-0.25, -0.2) is 9.18 Å². The first-order valence-electron chi connectivity index (χ1n) is 9.69. The summed E-state index contributed by atoms with van der Waals surface area (Å²) in [5, 5.41) is 2.63. The molecular formula is C23H23FN2O4. The Bertz CT molecular complexity index is 970. The van der Waals surface area contributed by atoms with Crippen molar-refractivity contribution in [3.05, 3.63) is 77.2 Å². The lowest BCUT2D eigenvalue weighted by molar-refractivity contribution is -0.140. The van der Waals surface area contributed by atoms with E-state index in [-0.39, 0.29) is 25.5 Å². The van der Waals surface area contributed by atoms with Crippen LogP contribution in [0.15, 0.2) is 65.9 Å². The minimum atomic E-state index is -0.500. The van der Waals surface area contributed by atoms with Gasteiger partial charge < -0.3 is 15.0 Å². The number of nitrogens with one attached hydrogen (secondary N) is 1. The minimum Gasteiger partial charge on any atom is -0.463 e. The number of ether oxygens (including phenoxy) is 1. The lowest BCUT2D eigenvalue weighted by atomic mass is 9.83. The van der Waals surface area contributed by atoms with Crippen LogP contribution < -0.4 is 5.32 Å². The molecule has 1 aliphatic rings. The number of hydrogen-bond acceptors (Lipinski definition) is 4. The third kappa shape index (κ3) is 4.74. The standard InChI is InChI=1S/C23H23FN2O4/c1-3-30-23(29)22-15(2)26(14-20(27)25-18-11-9-17(24)10-12-18)21(28)13-19(22)16-7-5-4-6-8-16/h4-12,19H,3,13-14H2,1-2H3,(H,25,27)/t19-/m0/s1. The number of nitrogens with zero attached hydrogens (tertiary/aromatic N) is 1. The van der Waals surface area contributed by atoms with E-state index in [9.17, 15) is 18.8 Å². The highest BCUT2D eigenvalue weighted by molar-refractivity contribution is 5.99. The molecule has 0 bridgehead atoms. The van der Waals surface area contributed by atoms with Crippen LogP contribution in [0.4, 0.5) is 10.1 Å². The lowest BCUT2D eigenvalue weighted by Gasteiger charge is -2.34. The maximum Gasteiger partial charge on any atom is 0.336 e. The van der Waals surface area contributed by atoms with E-state index in [1.54, 1.807) is 13.8 Å². The van der Waals surface area contributed by atoms with Crippen LogP contribution in [0.1, 0.15) is 31.7 Å². The Hall–Kier alpha value is -3.48. The molecule has 3 rings (SSSR count). The number of esters is 1. The van der Waals surface area contributed by atoms with E-state index in [0.717, 1.165) is 5.56 Å². The van der Waals surface area contributed by atoms with E-state index < -0.39 is 23.6 Å². The number of rotatable bonds is 6. The third-order valence-electron chi connectivity index (χ3n) is 4.95. The van der Waals surface area contributed by atoms with Crippen molar-refractivity contribution in [2.24, 2.45) is 0 Å². The van der Waals surface area contributed by atoms with E-state index in [2.05, 4.69) is 5.32 Å². The summed E-state index contributed by atoms with van der Waals surface area (Å²) >= 11 is 0. The van der Waals surface area contributed by atoms with Crippen LogP contribution in [0.3, 0.4) is 0 Å². The smallest absolute Gasteiger partial charge is 0.336 e. The molecule has 0 saturated heterocycles. The highest BCUT2D eigenvalue weighted by atomic mass is 19.1. The minimum absolute atomic E-state index is 0.0549. The van der Waals surface area contributed by atoms with Crippen molar-refractivity contribution in [3.8, 4) is 0 Å². The van der Waals surface area contributed by atoms with E-state index in [1.165, 1.54) is 29.2 Å². The first-order chi connectivity index (χ1) is 14.4. The van der Waals surface area contributed by atoms with Crippen molar-refractivity contribution in [1.29, 1.82) is 0 Å². The number of carbonyl (C=O) groups excluding carboxylic acids is 3. The van der Waals surface area contributed by atoms with Gasteiger partial charge >= 0.3 is 5.97 Å². The summed E-state index contributed by atoms with van der Waals surface area (Å²) in [4.78, 5) is 39.3. The normalized spacial score (nSPS) is 16.4. The molecule has 0 saturated carbocycles. The van der Waals surface area contributed by atoms with Gasteiger partial charge in [-0.1, -0.05) is 30.3 Å². The predicted molar refractivity (Wildman–Crippen MR) is 110 cm³/mol. The molecule has 0 fully saturated rings. The van der Waals surface area contributed by atoms with Crippen LogP contribution in [-0.2, 0) is 19.1 Å². The molecule has 1 heterocycles. The molecule has 7 heteroatoms. The second-order valence-electron chi connectivity index (χ2n) is 6.92. The molecule has 2 aromatic rings. The SMILES string of the molecule is CCOC(=O)C1=C(C)N(CC(=O)Nc2ccc(F)cc2)C(=O)C[C@H]1c1ccccc1. The Kier molecular flexibility index (Phi) is 6.61. The van der Waals surface area contributed by atoms with Crippen molar-refractivity contribution >= 4 is 23.5 Å². The van der Waals surface area contributed by atoms with E-state index >= 15 is 0 Å². The van der Waals surface area contributed by atoms with Crippen molar-refractivity contribution in [1.82, 2.24) is 4.90 Å². The molecule has 0 aromatic heterocycles. The van der Waals surface area contributed by atoms with Gasteiger partial charge in [0.25, 0.3) is 0 Å². The zero-order valence-electron chi connectivity index (χ0n) is 16.9. The van der Waals surface area contributed by atoms with Gasteiger partial charge in [0.15, 0.2) is 0 Å². The predicted octanol–water partition coefficient (Wildman–Crippen LogP) is 3.62. The first kappa shape index (κ1) is 21.2. The Balaban J connectivity index is 1.87. The lowest BCUT2D eigenvalue weighted by Crippen LogP contribution is -2.42. The number of amides is 2. The molecule has 2 amide bonds. The van der Waals surface area contributed by atoms with Crippen LogP contribution in [0.25, 0.3) is 0 Å². The van der Waals surface area contributed by atoms with E-state index in [1.807, 2.05) is 30.3 Å². The highest BCUT2D eigenvalue weighted by Gasteiger charge is 2.37. The number of anilines is 1. The average Bonchev–Trinajstić information content (AvgIpc) is 2.73. The average molecular weight is 410 g/mol. The Morgan fingerprint density at radius 1 is 1.13 bits per heavy atom. The summed E-state index contributed by atoms with van der Waals surface area (Å²) in [5.41, 5.74) is 2.02. The summed E-state index contributed by atoms with van der Waals surface area (Å²) in [6.45, 7) is 3.31. The van der Waals surface area contributed by atoms with Crippen molar-refractivity contribution in [3.63, 3.8) is 0 Å². The van der Waals surface area contributed by atoms with E-state index in [0.29, 0.717) is 17.0 Å². The molecule has 6 nitrogen and oxygen atoms in total. The van der Waals surface area contributed by atoms with Gasteiger partial charge in [-0.05, 0) is 43.7 Å². The summed E-state index contributed by atoms with van der Waals surface area (Å²) in [7, 11) is 0. The van der Waals surface area contributed by atoms with Gasteiger partial charge in [0.1, 0.15) is 12.4 Å². The molecule has 1 atom stereocenters. The van der Waals surface area contributed by atoms with Gasteiger partial charge in [-0.15, -0.1) is 0 Å². The Morgan fingerprint density at radius 2 is 1.80 bits per heavy atom. The number of allylic oxidation sites excluding steroid dienone is 1. The largest absolute Gasteiger partial charge is 0.463 e. The molecule has 0 aliphatic carbocycles. The molecule has 156 valence electrons. The fourth-order valence-corrected chi connectivity index (χ4v) is 3.52. The molecule has 2 aromatic carbocycles. The summed E-state index contributed by atoms with van der Waals surface area (Å²) in [6.07, 6.45) is 0.0549. The second kappa shape index (κ2) is 9.35. The highest BCUT2D eigenvalue weighted by Crippen LogP contribution is 2.36. The maximum absolute atomic E-state index is 13.0. The van der Waals surface area contributed by atoms with Gasteiger partial charge in [-0.2, -0.15) is 0 Å². The monoisotopic (exact) mass is 410 g/mol. The van der Waals surface area contributed by atoms with Crippen LogP contribution in [0, 0.1) is 5.82 Å². The maximum atomic E-state index is 13.0. The Labute approximate surface area is 174 Å². The number of halogens is 1. The fraction of sp³-hybridized carbons (Fsp3) is 0.261. The van der Waals surface area contributed by atoms with Gasteiger partial charge in [0.2, 0.25) is 11.8 Å². The van der Waals surface area contributed by atoms with Gasteiger partial charge in [0.05, 0.1) is 12.2 Å². The van der Waals surface area contributed by atoms with Crippen LogP contribution >= 0.6 is 0 Å². The second-order valence-corrected chi connectivity index (χ2v) is 6.92. The molecule has 1 N–H and O–H groups in total. The Morgan fingerprint density at radius 3 is 2.43 bits per heavy atom. The van der Waals surface area contributed by atoms with Crippen molar-refractivity contribution in [2.75, 3.05) is 18.5 Å². The van der Waals surface area contributed by atoms with Crippen LogP contribution in [0.5, 0.6) is 0 Å². The number of hydrogen-bond donors (Lipinski definition) is 1. The van der Waals surface area contributed by atoms with Gasteiger partial charge in [-0.3, -0.25) is 9.59 Å². The number of benzene rings is 2. The van der Waals surface area contributed by atoms with E-state index in [4.69, 9.17) is 4.74 Å². The summed E-state index contributed by atoms with van der Waals surface area (Å²) in [6, 6.07) is 14.6. The molecule has 30 heavy (non-hydrogen) atoms. The zero-order valence-corrected chi connectivity index (χ0v) is 16.9. The zero-order chi connectivity index (χ0) is 21.7. The van der Waals surface area contributed by atoms with Gasteiger partial charge in [0, 0.05) is 23.7 Å². The quantitative estimate of drug-likeness (QED) is 0.738. The molecule has 1 aliphatic heterocycles. The van der Waals surface area contributed by atoms with Crippen LogP contribution in [0.2, 0.25) is 0 Å². The molecule has 0 spiro atoms.